The summed E-state index contributed by atoms with van der Waals surface area (Å²) in [6, 6.07) is 4.17. The summed E-state index contributed by atoms with van der Waals surface area (Å²) in [6.07, 6.45) is 0.282. The van der Waals surface area contributed by atoms with Gasteiger partial charge in [-0.05, 0) is 24.6 Å². The van der Waals surface area contributed by atoms with Crippen molar-refractivity contribution in [3.05, 3.63) is 30.1 Å². The van der Waals surface area contributed by atoms with Crippen LogP contribution in [0.25, 0.3) is 0 Å². The highest BCUT2D eigenvalue weighted by Crippen LogP contribution is 2.25. The summed E-state index contributed by atoms with van der Waals surface area (Å²) in [7, 11) is -7.06. The topological polar surface area (TPSA) is 71.5 Å². The lowest BCUT2D eigenvalue weighted by atomic mass is 10.3. The van der Waals surface area contributed by atoms with Crippen molar-refractivity contribution in [2.24, 2.45) is 0 Å². The summed E-state index contributed by atoms with van der Waals surface area (Å²) in [4.78, 5) is -0.149. The molecule has 8 heteroatoms. The molecule has 0 radical (unpaired) electrons. The van der Waals surface area contributed by atoms with E-state index in [0.717, 1.165) is 16.4 Å². The Balaban J connectivity index is 2.36. The second-order valence-corrected chi connectivity index (χ2v) is 8.84. The number of rotatable bonds is 4. The first-order valence-electron chi connectivity index (χ1n) is 6.24. The van der Waals surface area contributed by atoms with Gasteiger partial charge in [0.25, 0.3) is 0 Å². The van der Waals surface area contributed by atoms with Crippen LogP contribution in [0.15, 0.2) is 29.2 Å². The van der Waals surface area contributed by atoms with Crippen LogP contribution in [0.3, 0.4) is 0 Å². The van der Waals surface area contributed by atoms with Crippen molar-refractivity contribution < 1.29 is 21.2 Å². The lowest BCUT2D eigenvalue weighted by Crippen LogP contribution is -2.40. The Bertz CT molecular complexity index is 700. The molecule has 0 bridgehead atoms. The molecule has 1 atom stereocenters. The molecule has 1 aliphatic rings. The minimum atomic E-state index is -3.88. The zero-order valence-corrected chi connectivity index (χ0v) is 12.6. The van der Waals surface area contributed by atoms with Crippen LogP contribution < -0.4 is 0 Å². The predicted molar refractivity (Wildman–Crippen MR) is 73.0 cm³/mol. The molecular formula is C12H16FNO4S2. The van der Waals surface area contributed by atoms with Gasteiger partial charge in [0.1, 0.15) is 5.82 Å². The van der Waals surface area contributed by atoms with E-state index in [-0.39, 0.29) is 29.4 Å². The van der Waals surface area contributed by atoms with Crippen LogP contribution in [0.4, 0.5) is 4.39 Å². The second-order valence-electron chi connectivity index (χ2n) is 4.72. The Morgan fingerprint density at radius 1 is 1.40 bits per heavy atom. The SMILES string of the molecule is CCN(C1CCS(=O)(=O)C1)S(=O)(=O)c1cccc(F)c1. The molecular weight excluding hydrogens is 305 g/mol. The van der Waals surface area contributed by atoms with E-state index >= 15 is 0 Å². The molecule has 1 heterocycles. The Hall–Kier alpha value is -0.990. The summed E-state index contributed by atoms with van der Waals surface area (Å²) in [5.41, 5.74) is 0. The highest BCUT2D eigenvalue weighted by atomic mass is 32.2. The highest BCUT2D eigenvalue weighted by Gasteiger charge is 2.37. The Morgan fingerprint density at radius 2 is 2.10 bits per heavy atom. The Kier molecular flexibility index (Phi) is 4.17. The molecule has 112 valence electrons. The van der Waals surface area contributed by atoms with Crippen molar-refractivity contribution in [1.29, 1.82) is 0 Å². The zero-order chi connectivity index (χ0) is 15.0. The maximum Gasteiger partial charge on any atom is 0.243 e. The van der Waals surface area contributed by atoms with Crippen LogP contribution in [0.2, 0.25) is 0 Å². The molecule has 0 spiro atoms. The van der Waals surface area contributed by atoms with Gasteiger partial charge in [-0.1, -0.05) is 13.0 Å². The van der Waals surface area contributed by atoms with Crippen molar-refractivity contribution in [1.82, 2.24) is 4.31 Å². The van der Waals surface area contributed by atoms with Gasteiger partial charge in [-0.3, -0.25) is 0 Å². The monoisotopic (exact) mass is 321 g/mol. The summed E-state index contributed by atoms with van der Waals surface area (Å²) in [6.45, 7) is 1.79. The number of hydrogen-bond donors (Lipinski definition) is 0. The normalized spacial score (nSPS) is 22.2. The van der Waals surface area contributed by atoms with Gasteiger partial charge in [0.05, 0.1) is 16.4 Å². The van der Waals surface area contributed by atoms with Crippen LogP contribution >= 0.6 is 0 Å². The number of halogens is 1. The van der Waals surface area contributed by atoms with Crippen LogP contribution in [-0.4, -0.2) is 45.2 Å². The molecule has 1 unspecified atom stereocenters. The van der Waals surface area contributed by atoms with E-state index in [1.54, 1.807) is 6.92 Å². The third kappa shape index (κ3) is 3.02. The fourth-order valence-corrected chi connectivity index (χ4v) is 5.91. The average molecular weight is 321 g/mol. The molecule has 20 heavy (non-hydrogen) atoms. The Morgan fingerprint density at radius 3 is 2.60 bits per heavy atom. The number of nitrogens with zero attached hydrogens (tertiary/aromatic N) is 1. The molecule has 0 amide bonds. The van der Waals surface area contributed by atoms with Crippen molar-refractivity contribution in [3.63, 3.8) is 0 Å². The molecule has 1 aliphatic heterocycles. The van der Waals surface area contributed by atoms with Crippen LogP contribution in [-0.2, 0) is 19.9 Å². The van der Waals surface area contributed by atoms with Crippen molar-refractivity contribution in [3.8, 4) is 0 Å². The molecule has 0 N–H and O–H groups in total. The first-order valence-corrected chi connectivity index (χ1v) is 9.50. The summed E-state index contributed by atoms with van der Waals surface area (Å²) in [5.74, 6) is -0.816. The van der Waals surface area contributed by atoms with Gasteiger partial charge in [-0.15, -0.1) is 0 Å². The van der Waals surface area contributed by atoms with Gasteiger partial charge in [-0.25, -0.2) is 21.2 Å². The number of sulfonamides is 1. The van der Waals surface area contributed by atoms with Gasteiger partial charge in [0.15, 0.2) is 9.84 Å². The van der Waals surface area contributed by atoms with E-state index in [0.29, 0.717) is 0 Å². The number of sulfone groups is 1. The first kappa shape index (κ1) is 15.4. The van der Waals surface area contributed by atoms with E-state index in [1.807, 2.05) is 0 Å². The minimum Gasteiger partial charge on any atom is -0.229 e. The maximum atomic E-state index is 13.2. The molecule has 1 aromatic rings. The third-order valence-corrected chi connectivity index (χ3v) is 7.10. The fourth-order valence-electron chi connectivity index (χ4n) is 2.39. The zero-order valence-electron chi connectivity index (χ0n) is 11.0. The minimum absolute atomic E-state index is 0.00711. The standard InChI is InChI=1S/C12H16FNO4S2/c1-2-14(11-6-7-19(15,16)9-11)20(17,18)12-5-3-4-10(13)8-12/h3-5,8,11H,2,6-7,9H2,1H3. The lowest BCUT2D eigenvalue weighted by molar-refractivity contribution is 0.354. The van der Waals surface area contributed by atoms with E-state index in [4.69, 9.17) is 0 Å². The molecule has 1 saturated heterocycles. The van der Waals surface area contributed by atoms with Gasteiger partial charge < -0.3 is 0 Å². The molecule has 5 nitrogen and oxygen atoms in total. The van der Waals surface area contributed by atoms with E-state index in [1.165, 1.54) is 12.1 Å². The van der Waals surface area contributed by atoms with E-state index in [9.17, 15) is 21.2 Å². The molecule has 2 rings (SSSR count). The third-order valence-electron chi connectivity index (χ3n) is 3.33. The van der Waals surface area contributed by atoms with Gasteiger partial charge >= 0.3 is 0 Å². The lowest BCUT2D eigenvalue weighted by Gasteiger charge is -2.25. The summed E-state index contributed by atoms with van der Waals surface area (Å²) in [5, 5.41) is 0. The maximum absolute atomic E-state index is 13.2. The van der Waals surface area contributed by atoms with Gasteiger partial charge in [0.2, 0.25) is 10.0 Å². The smallest absolute Gasteiger partial charge is 0.229 e. The number of hydrogen-bond acceptors (Lipinski definition) is 4. The molecule has 0 saturated carbocycles. The van der Waals surface area contributed by atoms with Crippen molar-refractivity contribution in [2.45, 2.75) is 24.3 Å². The number of benzene rings is 1. The predicted octanol–water partition coefficient (Wildman–Crippen LogP) is 1.02. The van der Waals surface area contributed by atoms with E-state index < -0.39 is 31.7 Å². The molecule has 1 aromatic carbocycles. The van der Waals surface area contributed by atoms with Crippen LogP contribution in [0.1, 0.15) is 13.3 Å². The largest absolute Gasteiger partial charge is 0.243 e. The van der Waals surface area contributed by atoms with Crippen LogP contribution in [0.5, 0.6) is 0 Å². The summed E-state index contributed by atoms with van der Waals surface area (Å²) < 4.78 is 62.3. The fraction of sp³-hybridized carbons (Fsp3) is 0.500. The quantitative estimate of drug-likeness (QED) is 0.830. The Labute approximate surface area is 118 Å². The van der Waals surface area contributed by atoms with Crippen molar-refractivity contribution in [2.75, 3.05) is 18.1 Å². The van der Waals surface area contributed by atoms with Gasteiger partial charge in [-0.2, -0.15) is 4.31 Å². The molecule has 1 fully saturated rings. The van der Waals surface area contributed by atoms with Crippen molar-refractivity contribution >= 4 is 19.9 Å². The second kappa shape index (κ2) is 5.42. The summed E-state index contributed by atoms with van der Waals surface area (Å²) >= 11 is 0. The average Bonchev–Trinajstić information content (AvgIpc) is 2.70. The molecule has 0 aliphatic carbocycles. The molecule has 0 aromatic heterocycles. The van der Waals surface area contributed by atoms with Crippen LogP contribution in [0, 0.1) is 5.82 Å². The van der Waals surface area contributed by atoms with Gasteiger partial charge in [0, 0.05) is 12.6 Å². The first-order chi connectivity index (χ1) is 9.26. The highest BCUT2D eigenvalue weighted by molar-refractivity contribution is 7.92. The van der Waals surface area contributed by atoms with E-state index in [2.05, 4.69) is 0 Å².